The standard InChI is InChI=1S/C21H36N4O/c1-3-24-13-10-22-21(24)20-19(9-14-26-20)23-17-7-11-25(12-8-17)18-6-4-5-16(2)15-18/h10,13,16-20,23H,3-9,11-12,14-15H2,1-2H3/t16-,18+,19-,20-/m0/s1. The van der Waals surface area contributed by atoms with Gasteiger partial charge in [-0.3, -0.25) is 0 Å². The number of hydrogen-bond donors (Lipinski definition) is 1. The van der Waals surface area contributed by atoms with Crippen LogP contribution >= 0.6 is 0 Å². The van der Waals surface area contributed by atoms with Gasteiger partial charge in [0.2, 0.25) is 0 Å². The minimum absolute atomic E-state index is 0.113. The lowest BCUT2D eigenvalue weighted by Crippen LogP contribution is -2.50. The maximum Gasteiger partial charge on any atom is 0.139 e. The van der Waals surface area contributed by atoms with Crippen LogP contribution in [0.4, 0.5) is 0 Å². The lowest BCUT2D eigenvalue weighted by Gasteiger charge is -2.41. The van der Waals surface area contributed by atoms with Crippen LogP contribution < -0.4 is 5.32 Å². The van der Waals surface area contributed by atoms with E-state index in [2.05, 4.69) is 39.8 Å². The van der Waals surface area contributed by atoms with Crippen LogP contribution in [0.3, 0.4) is 0 Å². The number of imidazole rings is 1. The molecule has 5 nitrogen and oxygen atoms in total. The number of hydrogen-bond acceptors (Lipinski definition) is 4. The molecule has 3 fully saturated rings. The van der Waals surface area contributed by atoms with Gasteiger partial charge in [-0.25, -0.2) is 4.98 Å². The van der Waals surface area contributed by atoms with Crippen molar-refractivity contribution in [2.75, 3.05) is 19.7 Å². The monoisotopic (exact) mass is 360 g/mol. The molecule has 4 rings (SSSR count). The van der Waals surface area contributed by atoms with E-state index < -0.39 is 0 Å². The number of nitrogens with zero attached hydrogens (tertiary/aromatic N) is 3. The third-order valence-corrected chi connectivity index (χ3v) is 6.84. The molecule has 0 spiro atoms. The topological polar surface area (TPSA) is 42.3 Å². The summed E-state index contributed by atoms with van der Waals surface area (Å²) in [5, 5.41) is 3.93. The average Bonchev–Trinajstić information content (AvgIpc) is 3.30. The molecule has 1 N–H and O–H groups in total. The zero-order valence-corrected chi connectivity index (χ0v) is 16.6. The van der Waals surface area contributed by atoms with Crippen LogP contribution in [0.15, 0.2) is 12.4 Å². The molecule has 2 saturated heterocycles. The Bertz CT molecular complexity index is 566. The van der Waals surface area contributed by atoms with Crippen LogP contribution in [0.5, 0.6) is 0 Å². The summed E-state index contributed by atoms with van der Waals surface area (Å²) in [7, 11) is 0. The van der Waals surface area contributed by atoms with E-state index >= 15 is 0 Å². The van der Waals surface area contributed by atoms with Crippen molar-refractivity contribution in [1.82, 2.24) is 19.8 Å². The summed E-state index contributed by atoms with van der Waals surface area (Å²) in [6.45, 7) is 8.93. The Kier molecular flexibility index (Phi) is 5.97. The molecule has 4 atom stereocenters. The lowest BCUT2D eigenvalue weighted by molar-refractivity contribution is 0.0743. The number of ether oxygens (including phenoxy) is 1. The summed E-state index contributed by atoms with van der Waals surface area (Å²) >= 11 is 0. The summed E-state index contributed by atoms with van der Waals surface area (Å²) < 4.78 is 8.29. The Morgan fingerprint density at radius 1 is 1.19 bits per heavy atom. The number of rotatable bonds is 5. The highest BCUT2D eigenvalue weighted by atomic mass is 16.5. The molecule has 3 heterocycles. The average molecular weight is 361 g/mol. The number of likely N-dealkylation sites (tertiary alicyclic amines) is 1. The van der Waals surface area contributed by atoms with Gasteiger partial charge in [0.15, 0.2) is 0 Å². The molecule has 2 aliphatic heterocycles. The smallest absolute Gasteiger partial charge is 0.139 e. The van der Waals surface area contributed by atoms with Gasteiger partial charge in [0, 0.05) is 43.7 Å². The number of aromatic nitrogens is 2. The second-order valence-corrected chi connectivity index (χ2v) is 8.66. The second kappa shape index (κ2) is 8.41. The summed E-state index contributed by atoms with van der Waals surface area (Å²) in [6.07, 6.45) is 13.4. The van der Waals surface area contributed by atoms with Crippen LogP contribution in [-0.2, 0) is 11.3 Å². The van der Waals surface area contributed by atoms with Gasteiger partial charge in [0.1, 0.15) is 11.9 Å². The van der Waals surface area contributed by atoms with Crippen molar-refractivity contribution >= 4 is 0 Å². The van der Waals surface area contributed by atoms with Gasteiger partial charge in [-0.2, -0.15) is 0 Å². The van der Waals surface area contributed by atoms with E-state index in [0.29, 0.717) is 12.1 Å². The van der Waals surface area contributed by atoms with E-state index in [1.165, 1.54) is 51.6 Å². The van der Waals surface area contributed by atoms with Crippen LogP contribution in [-0.4, -0.2) is 52.3 Å². The first-order valence-electron chi connectivity index (χ1n) is 10.9. The van der Waals surface area contributed by atoms with Gasteiger partial charge in [-0.15, -0.1) is 0 Å². The quantitative estimate of drug-likeness (QED) is 0.874. The molecule has 3 aliphatic rings. The fraction of sp³-hybridized carbons (Fsp3) is 0.857. The minimum atomic E-state index is 0.113. The van der Waals surface area contributed by atoms with Crippen molar-refractivity contribution in [3.63, 3.8) is 0 Å². The molecule has 5 heteroatoms. The van der Waals surface area contributed by atoms with Gasteiger partial charge in [-0.1, -0.05) is 19.8 Å². The Morgan fingerprint density at radius 3 is 2.81 bits per heavy atom. The molecule has 0 aromatic carbocycles. The fourth-order valence-electron chi connectivity index (χ4n) is 5.33. The summed E-state index contributed by atoms with van der Waals surface area (Å²) in [6, 6.07) is 1.89. The maximum absolute atomic E-state index is 6.07. The van der Waals surface area contributed by atoms with E-state index in [0.717, 1.165) is 37.4 Å². The summed E-state index contributed by atoms with van der Waals surface area (Å²) in [5.74, 6) is 2.01. The molecule has 0 amide bonds. The number of piperidine rings is 1. The Morgan fingerprint density at radius 2 is 2.04 bits per heavy atom. The van der Waals surface area contributed by atoms with Gasteiger partial charge in [-0.05, 0) is 58.0 Å². The minimum Gasteiger partial charge on any atom is -0.369 e. The maximum atomic E-state index is 6.07. The van der Waals surface area contributed by atoms with Crippen LogP contribution in [0.1, 0.15) is 70.7 Å². The van der Waals surface area contributed by atoms with E-state index in [1.54, 1.807) is 0 Å². The van der Waals surface area contributed by atoms with Crippen molar-refractivity contribution in [3.8, 4) is 0 Å². The third-order valence-electron chi connectivity index (χ3n) is 6.84. The molecule has 146 valence electrons. The highest BCUT2D eigenvalue weighted by Crippen LogP contribution is 2.31. The normalized spacial score (nSPS) is 34.4. The SMILES string of the molecule is CCn1ccnc1[C@H]1OCC[C@@H]1NC1CCN([C@@H]2CCC[C@H](C)C2)CC1. The molecule has 1 aromatic rings. The molecule has 0 unspecified atom stereocenters. The largest absolute Gasteiger partial charge is 0.369 e. The molecule has 1 saturated carbocycles. The fourth-order valence-corrected chi connectivity index (χ4v) is 5.33. The first kappa shape index (κ1) is 18.5. The molecule has 0 radical (unpaired) electrons. The molecule has 26 heavy (non-hydrogen) atoms. The number of aryl methyl sites for hydroxylation is 1. The van der Waals surface area contributed by atoms with Crippen molar-refractivity contribution in [3.05, 3.63) is 18.2 Å². The van der Waals surface area contributed by atoms with Crippen LogP contribution in [0.25, 0.3) is 0 Å². The highest BCUT2D eigenvalue weighted by Gasteiger charge is 2.35. The first-order chi connectivity index (χ1) is 12.7. The second-order valence-electron chi connectivity index (χ2n) is 8.66. The van der Waals surface area contributed by atoms with E-state index in [4.69, 9.17) is 4.74 Å². The highest BCUT2D eigenvalue weighted by molar-refractivity contribution is 5.04. The van der Waals surface area contributed by atoms with Crippen molar-refractivity contribution in [1.29, 1.82) is 0 Å². The molecular formula is C21H36N4O. The van der Waals surface area contributed by atoms with Gasteiger partial charge < -0.3 is 19.5 Å². The zero-order valence-electron chi connectivity index (χ0n) is 16.6. The molecule has 1 aliphatic carbocycles. The molecule has 0 bridgehead atoms. The predicted octanol–water partition coefficient (Wildman–Crippen LogP) is 3.37. The van der Waals surface area contributed by atoms with Crippen LogP contribution in [0.2, 0.25) is 0 Å². The summed E-state index contributed by atoms with van der Waals surface area (Å²) in [5.41, 5.74) is 0. The van der Waals surface area contributed by atoms with Crippen LogP contribution in [0, 0.1) is 5.92 Å². The molecule has 1 aromatic heterocycles. The van der Waals surface area contributed by atoms with Gasteiger partial charge in [0.25, 0.3) is 0 Å². The van der Waals surface area contributed by atoms with E-state index in [-0.39, 0.29) is 6.10 Å². The van der Waals surface area contributed by atoms with Gasteiger partial charge in [0.05, 0.1) is 0 Å². The van der Waals surface area contributed by atoms with Crippen molar-refractivity contribution in [2.24, 2.45) is 5.92 Å². The lowest BCUT2D eigenvalue weighted by atomic mass is 9.85. The Hall–Kier alpha value is -0.910. The van der Waals surface area contributed by atoms with E-state index in [1.807, 2.05) is 6.20 Å². The van der Waals surface area contributed by atoms with Crippen molar-refractivity contribution < 1.29 is 4.74 Å². The predicted molar refractivity (Wildman–Crippen MR) is 104 cm³/mol. The number of nitrogens with one attached hydrogen (secondary N) is 1. The molecular weight excluding hydrogens is 324 g/mol. The third kappa shape index (κ3) is 4.00. The Labute approximate surface area is 158 Å². The first-order valence-corrected chi connectivity index (χ1v) is 10.9. The Balaban J connectivity index is 1.30. The zero-order chi connectivity index (χ0) is 17.9. The van der Waals surface area contributed by atoms with Crippen molar-refractivity contribution in [2.45, 2.75) is 89.6 Å². The summed E-state index contributed by atoms with van der Waals surface area (Å²) in [4.78, 5) is 7.36. The van der Waals surface area contributed by atoms with E-state index in [9.17, 15) is 0 Å². The van der Waals surface area contributed by atoms with Gasteiger partial charge >= 0.3 is 0 Å².